The molecule has 0 bridgehead atoms. The number of hydrogen-bond donors (Lipinski definition) is 1. The van der Waals surface area contributed by atoms with E-state index in [-0.39, 0.29) is 0 Å². The number of carbonyl (C=O) groups is 1. The molecule has 3 heteroatoms. The zero-order chi connectivity index (χ0) is 13.1. The topological polar surface area (TPSA) is 40.5 Å². The first kappa shape index (κ1) is 12.6. The molecule has 18 heavy (non-hydrogen) atoms. The minimum Gasteiger partial charge on any atom is -0.480 e. The van der Waals surface area contributed by atoms with Gasteiger partial charge >= 0.3 is 5.97 Å². The van der Waals surface area contributed by atoms with Crippen molar-refractivity contribution in [2.45, 2.75) is 12.5 Å². The normalized spacial score (nSPS) is 12.8. The lowest BCUT2D eigenvalue weighted by atomic mass is 9.98. The van der Waals surface area contributed by atoms with Gasteiger partial charge < -0.3 is 5.11 Å². The van der Waals surface area contributed by atoms with E-state index in [1.807, 2.05) is 42.5 Å². The van der Waals surface area contributed by atoms with Crippen LogP contribution < -0.4 is 0 Å². The molecular formula is C15H17NO2. The zero-order valence-electron chi connectivity index (χ0n) is 10.6. The van der Waals surface area contributed by atoms with Gasteiger partial charge in [0.25, 0.3) is 0 Å². The Hall–Kier alpha value is -1.87. The maximum absolute atomic E-state index is 11.2. The molecule has 0 aliphatic carbocycles. The van der Waals surface area contributed by atoms with Gasteiger partial charge in [0.15, 0.2) is 0 Å². The maximum atomic E-state index is 11.2. The second kappa shape index (κ2) is 5.19. The number of benzene rings is 2. The van der Waals surface area contributed by atoms with Gasteiger partial charge in [0.2, 0.25) is 0 Å². The predicted molar refractivity (Wildman–Crippen MR) is 72.8 cm³/mol. The summed E-state index contributed by atoms with van der Waals surface area (Å²) < 4.78 is 0. The van der Waals surface area contributed by atoms with Gasteiger partial charge in [0.1, 0.15) is 6.04 Å². The third kappa shape index (κ3) is 2.51. The average Bonchev–Trinajstić information content (AvgIpc) is 2.35. The summed E-state index contributed by atoms with van der Waals surface area (Å²) in [4.78, 5) is 13.0. The Bertz CT molecular complexity index is 558. The standard InChI is InChI=1S/C15H17NO2/c1-16(2)14(15(17)18)10-12-8-5-7-11-6-3-4-9-13(11)12/h3-9,14H,10H2,1-2H3,(H,17,18)/t14-/m0/s1. The van der Waals surface area contributed by atoms with Crippen LogP contribution in [0.2, 0.25) is 0 Å². The molecule has 0 saturated carbocycles. The molecule has 1 atom stereocenters. The Morgan fingerprint density at radius 1 is 1.17 bits per heavy atom. The van der Waals surface area contributed by atoms with E-state index < -0.39 is 12.0 Å². The number of likely N-dealkylation sites (N-methyl/N-ethyl adjacent to an activating group) is 1. The van der Waals surface area contributed by atoms with Crippen molar-refractivity contribution in [1.29, 1.82) is 0 Å². The van der Waals surface area contributed by atoms with E-state index in [1.54, 1.807) is 19.0 Å². The second-order valence-electron chi connectivity index (χ2n) is 4.66. The molecule has 0 unspecified atom stereocenters. The van der Waals surface area contributed by atoms with E-state index in [0.717, 1.165) is 16.3 Å². The van der Waals surface area contributed by atoms with Gasteiger partial charge in [-0.3, -0.25) is 9.69 Å². The fourth-order valence-corrected chi connectivity index (χ4v) is 2.17. The summed E-state index contributed by atoms with van der Waals surface area (Å²) in [5.41, 5.74) is 1.08. The highest BCUT2D eigenvalue weighted by Crippen LogP contribution is 2.20. The van der Waals surface area contributed by atoms with Gasteiger partial charge in [-0.1, -0.05) is 42.5 Å². The van der Waals surface area contributed by atoms with Crippen LogP contribution >= 0.6 is 0 Å². The molecule has 0 heterocycles. The maximum Gasteiger partial charge on any atom is 0.321 e. The molecule has 0 amide bonds. The summed E-state index contributed by atoms with van der Waals surface area (Å²) in [5, 5.41) is 11.5. The molecule has 0 aliphatic heterocycles. The molecular weight excluding hydrogens is 226 g/mol. The number of carboxylic acids is 1. The number of rotatable bonds is 4. The van der Waals surface area contributed by atoms with Crippen LogP contribution in [-0.4, -0.2) is 36.1 Å². The van der Waals surface area contributed by atoms with Crippen molar-refractivity contribution in [2.75, 3.05) is 14.1 Å². The van der Waals surface area contributed by atoms with Crippen molar-refractivity contribution >= 4 is 16.7 Å². The lowest BCUT2D eigenvalue weighted by molar-refractivity contribution is -0.142. The molecule has 2 aromatic rings. The first-order chi connectivity index (χ1) is 8.59. The van der Waals surface area contributed by atoms with Crippen molar-refractivity contribution in [1.82, 2.24) is 4.90 Å². The van der Waals surface area contributed by atoms with Crippen LogP contribution in [0.1, 0.15) is 5.56 Å². The summed E-state index contributed by atoms with van der Waals surface area (Å²) in [6.07, 6.45) is 0.518. The van der Waals surface area contributed by atoms with E-state index >= 15 is 0 Å². The fourth-order valence-electron chi connectivity index (χ4n) is 2.17. The van der Waals surface area contributed by atoms with Crippen molar-refractivity contribution in [3.05, 3.63) is 48.0 Å². The van der Waals surface area contributed by atoms with Gasteiger partial charge in [0.05, 0.1) is 0 Å². The summed E-state index contributed by atoms with van der Waals surface area (Å²) in [6, 6.07) is 13.6. The monoisotopic (exact) mass is 243 g/mol. The van der Waals surface area contributed by atoms with Gasteiger partial charge in [-0.05, 0) is 36.9 Å². The molecule has 0 saturated heterocycles. The van der Waals surface area contributed by atoms with Crippen LogP contribution in [0.5, 0.6) is 0 Å². The lowest BCUT2D eigenvalue weighted by Gasteiger charge is -2.20. The molecule has 3 nitrogen and oxygen atoms in total. The summed E-state index contributed by atoms with van der Waals surface area (Å²) in [7, 11) is 3.59. The number of aliphatic carboxylic acids is 1. The minimum absolute atomic E-state index is 0.490. The Labute approximate surface area is 107 Å². The molecule has 2 rings (SSSR count). The molecule has 1 N–H and O–H groups in total. The molecule has 0 radical (unpaired) electrons. The number of nitrogens with zero attached hydrogens (tertiary/aromatic N) is 1. The molecule has 0 fully saturated rings. The third-order valence-electron chi connectivity index (χ3n) is 3.20. The summed E-state index contributed by atoms with van der Waals surface area (Å²) in [5.74, 6) is -0.784. The van der Waals surface area contributed by atoms with E-state index in [2.05, 4.69) is 0 Å². The third-order valence-corrected chi connectivity index (χ3v) is 3.20. The Morgan fingerprint density at radius 3 is 2.50 bits per heavy atom. The van der Waals surface area contributed by atoms with Crippen LogP contribution in [0.4, 0.5) is 0 Å². The smallest absolute Gasteiger partial charge is 0.321 e. The average molecular weight is 243 g/mol. The van der Waals surface area contributed by atoms with Gasteiger partial charge in [0, 0.05) is 0 Å². The van der Waals surface area contributed by atoms with Gasteiger partial charge in [-0.15, -0.1) is 0 Å². The molecule has 0 spiro atoms. The number of fused-ring (bicyclic) bond motifs is 1. The van der Waals surface area contributed by atoms with Crippen molar-refractivity contribution in [3.63, 3.8) is 0 Å². The number of hydrogen-bond acceptors (Lipinski definition) is 2. The zero-order valence-corrected chi connectivity index (χ0v) is 10.6. The largest absolute Gasteiger partial charge is 0.480 e. The van der Waals surface area contributed by atoms with Crippen LogP contribution in [0.3, 0.4) is 0 Å². The molecule has 2 aromatic carbocycles. The van der Waals surface area contributed by atoms with Crippen LogP contribution in [0.25, 0.3) is 10.8 Å². The van der Waals surface area contributed by atoms with E-state index in [4.69, 9.17) is 0 Å². The SMILES string of the molecule is CN(C)[C@@H](Cc1cccc2ccccc12)C(=O)O. The highest BCUT2D eigenvalue weighted by atomic mass is 16.4. The Kier molecular flexibility index (Phi) is 3.63. The molecule has 0 aromatic heterocycles. The van der Waals surface area contributed by atoms with Crippen molar-refractivity contribution in [3.8, 4) is 0 Å². The van der Waals surface area contributed by atoms with Crippen molar-refractivity contribution < 1.29 is 9.90 Å². The minimum atomic E-state index is -0.784. The first-order valence-electron chi connectivity index (χ1n) is 5.95. The highest BCUT2D eigenvalue weighted by molar-refractivity contribution is 5.86. The van der Waals surface area contributed by atoms with E-state index in [1.165, 1.54) is 0 Å². The van der Waals surface area contributed by atoms with Gasteiger partial charge in [-0.2, -0.15) is 0 Å². The quantitative estimate of drug-likeness (QED) is 0.896. The van der Waals surface area contributed by atoms with Crippen LogP contribution in [0, 0.1) is 0 Å². The van der Waals surface area contributed by atoms with E-state index in [0.29, 0.717) is 6.42 Å². The predicted octanol–water partition coefficient (Wildman–Crippen LogP) is 2.40. The highest BCUT2D eigenvalue weighted by Gasteiger charge is 2.20. The van der Waals surface area contributed by atoms with Crippen LogP contribution in [0.15, 0.2) is 42.5 Å². The van der Waals surface area contributed by atoms with Gasteiger partial charge in [-0.25, -0.2) is 0 Å². The molecule has 0 aliphatic rings. The Morgan fingerprint density at radius 2 is 1.83 bits per heavy atom. The second-order valence-corrected chi connectivity index (χ2v) is 4.66. The Balaban J connectivity index is 2.39. The summed E-state index contributed by atoms with van der Waals surface area (Å²) in [6.45, 7) is 0. The first-order valence-corrected chi connectivity index (χ1v) is 5.95. The fraction of sp³-hybridized carbons (Fsp3) is 0.267. The lowest BCUT2D eigenvalue weighted by Crippen LogP contribution is -2.37. The van der Waals surface area contributed by atoms with Crippen molar-refractivity contribution in [2.24, 2.45) is 0 Å². The number of carboxylic acid groups (broad SMARTS) is 1. The van der Waals surface area contributed by atoms with E-state index in [9.17, 15) is 9.90 Å². The summed E-state index contributed by atoms with van der Waals surface area (Å²) >= 11 is 0. The van der Waals surface area contributed by atoms with Crippen LogP contribution in [-0.2, 0) is 11.2 Å². The molecule has 94 valence electrons.